The first kappa shape index (κ1) is 22.2. The number of aromatic nitrogens is 4. The molecule has 0 atom stereocenters. The summed E-state index contributed by atoms with van der Waals surface area (Å²) in [6, 6.07) is 1.56. The molecule has 0 saturated heterocycles. The van der Waals surface area contributed by atoms with Crippen LogP contribution in [0.25, 0.3) is 17.2 Å². The van der Waals surface area contributed by atoms with Crippen LogP contribution in [0.3, 0.4) is 0 Å². The molecule has 3 N–H and O–H groups in total. The second kappa shape index (κ2) is 8.73. The van der Waals surface area contributed by atoms with E-state index in [1.807, 2.05) is 0 Å². The molecule has 0 unspecified atom stereocenters. The van der Waals surface area contributed by atoms with Crippen LogP contribution in [-0.2, 0) is 4.79 Å². The SMILES string of the molecule is NCCCNc1nonc1-c1noc(=O)n1-c1ccc(F)c(Cl)c1OC(=O)C(F)(F)F. The third-order valence-corrected chi connectivity index (χ3v) is 4.03. The largest absolute Gasteiger partial charge is 0.491 e. The number of halogens is 5. The zero-order chi connectivity index (χ0) is 22.8. The van der Waals surface area contributed by atoms with Gasteiger partial charge in [0, 0.05) is 6.54 Å². The molecule has 0 aliphatic heterocycles. The molecule has 0 amide bonds. The van der Waals surface area contributed by atoms with Crippen molar-refractivity contribution >= 4 is 23.4 Å². The summed E-state index contributed by atoms with van der Waals surface area (Å²) in [5.41, 5.74) is 4.63. The number of anilines is 1. The molecule has 166 valence electrons. The number of carbonyl (C=O) groups excluding carboxylic acids is 1. The van der Waals surface area contributed by atoms with E-state index in [1.54, 1.807) is 0 Å². The van der Waals surface area contributed by atoms with Crippen LogP contribution in [0.5, 0.6) is 5.75 Å². The van der Waals surface area contributed by atoms with E-state index < -0.39 is 46.0 Å². The Morgan fingerprint density at radius 3 is 2.71 bits per heavy atom. The Kier molecular flexibility index (Phi) is 6.26. The third-order valence-electron chi connectivity index (χ3n) is 3.67. The highest BCUT2D eigenvalue weighted by atomic mass is 35.5. The molecule has 11 nitrogen and oxygen atoms in total. The standard InChI is InChI=1S/C15H11ClF4N6O5/c16-8-6(17)2-3-7(10(8)29-13(27)15(18,19)20)26-12(25-30-14(26)28)9-11(24-31-23-9)22-5-1-4-21/h2-3H,1,4-5,21H2,(H,22,24). The molecule has 3 rings (SSSR count). The minimum absolute atomic E-state index is 0.00227. The molecule has 0 spiro atoms. The van der Waals surface area contributed by atoms with Crippen molar-refractivity contribution in [2.24, 2.45) is 5.73 Å². The molecule has 2 aromatic heterocycles. The lowest BCUT2D eigenvalue weighted by atomic mass is 10.2. The molecule has 0 saturated carbocycles. The molecule has 0 radical (unpaired) electrons. The van der Waals surface area contributed by atoms with Crippen molar-refractivity contribution in [1.82, 2.24) is 20.0 Å². The lowest BCUT2D eigenvalue weighted by molar-refractivity contribution is -0.189. The van der Waals surface area contributed by atoms with E-state index in [1.165, 1.54) is 0 Å². The first-order valence-corrected chi connectivity index (χ1v) is 8.66. The third kappa shape index (κ3) is 4.51. The molecule has 0 bridgehead atoms. The topological polar surface area (TPSA) is 151 Å². The molecular weight excluding hydrogens is 456 g/mol. The number of nitrogens with two attached hydrogens (primary N) is 1. The smallest absolute Gasteiger partial charge is 0.416 e. The fourth-order valence-corrected chi connectivity index (χ4v) is 2.52. The summed E-state index contributed by atoms with van der Waals surface area (Å²) >= 11 is 5.70. The monoisotopic (exact) mass is 466 g/mol. The van der Waals surface area contributed by atoms with Gasteiger partial charge in [0.2, 0.25) is 11.6 Å². The number of ether oxygens (including phenoxy) is 1. The number of esters is 1. The van der Waals surface area contributed by atoms with Crippen molar-refractivity contribution in [2.45, 2.75) is 12.6 Å². The number of hydrogen-bond donors (Lipinski definition) is 2. The number of hydrogen-bond acceptors (Lipinski definition) is 10. The van der Waals surface area contributed by atoms with E-state index in [0.717, 1.165) is 12.1 Å². The number of rotatable bonds is 7. The first-order valence-electron chi connectivity index (χ1n) is 8.28. The minimum Gasteiger partial charge on any atom is -0.416 e. The highest BCUT2D eigenvalue weighted by molar-refractivity contribution is 6.32. The Morgan fingerprint density at radius 2 is 2.03 bits per heavy atom. The molecule has 2 heterocycles. The summed E-state index contributed by atoms with van der Waals surface area (Å²) in [7, 11) is 0. The van der Waals surface area contributed by atoms with Crippen LogP contribution in [-0.4, -0.2) is 45.3 Å². The van der Waals surface area contributed by atoms with Gasteiger partial charge in [-0.15, -0.1) is 0 Å². The van der Waals surface area contributed by atoms with Gasteiger partial charge in [0.05, 0.1) is 5.69 Å². The van der Waals surface area contributed by atoms with Gasteiger partial charge in [0.25, 0.3) is 0 Å². The number of benzene rings is 1. The van der Waals surface area contributed by atoms with Gasteiger partial charge >= 0.3 is 17.9 Å². The Morgan fingerprint density at radius 1 is 1.29 bits per heavy atom. The van der Waals surface area contributed by atoms with E-state index in [0.29, 0.717) is 24.1 Å². The second-order valence-corrected chi connectivity index (χ2v) is 6.11. The van der Waals surface area contributed by atoms with Gasteiger partial charge in [-0.3, -0.25) is 4.52 Å². The van der Waals surface area contributed by atoms with E-state index in [9.17, 15) is 27.2 Å². The van der Waals surface area contributed by atoms with E-state index >= 15 is 0 Å². The quantitative estimate of drug-likeness (QED) is 0.228. The number of alkyl halides is 3. The minimum atomic E-state index is -5.43. The Balaban J connectivity index is 2.13. The van der Waals surface area contributed by atoms with Gasteiger partial charge in [0.1, 0.15) is 10.8 Å². The summed E-state index contributed by atoms with van der Waals surface area (Å²) in [6.07, 6.45) is -4.89. The second-order valence-electron chi connectivity index (χ2n) is 5.73. The van der Waals surface area contributed by atoms with Crippen LogP contribution in [0.2, 0.25) is 5.02 Å². The summed E-state index contributed by atoms with van der Waals surface area (Å²) in [6.45, 7) is 0.681. The first-order chi connectivity index (χ1) is 14.6. The predicted octanol–water partition coefficient (Wildman–Crippen LogP) is 1.90. The number of nitrogens with one attached hydrogen (secondary N) is 1. The lowest BCUT2D eigenvalue weighted by Gasteiger charge is -2.13. The van der Waals surface area contributed by atoms with Crippen molar-refractivity contribution < 1.29 is 36.2 Å². The van der Waals surface area contributed by atoms with Crippen molar-refractivity contribution in [1.29, 1.82) is 0 Å². The van der Waals surface area contributed by atoms with Crippen LogP contribution in [0, 0.1) is 5.82 Å². The summed E-state index contributed by atoms with van der Waals surface area (Å²) in [5, 5.41) is 12.5. The Bertz CT molecular complexity index is 1160. The van der Waals surface area contributed by atoms with Crippen molar-refractivity contribution in [3.05, 3.63) is 33.5 Å². The van der Waals surface area contributed by atoms with Crippen LogP contribution >= 0.6 is 11.6 Å². The number of carbonyl (C=O) groups is 1. The normalized spacial score (nSPS) is 11.5. The fourth-order valence-electron chi connectivity index (χ4n) is 2.32. The van der Waals surface area contributed by atoms with Gasteiger partial charge in [-0.05, 0) is 35.4 Å². The van der Waals surface area contributed by atoms with Crippen LogP contribution in [0.4, 0.5) is 23.4 Å². The average molecular weight is 467 g/mol. The average Bonchev–Trinajstić information content (AvgIpc) is 3.31. The van der Waals surface area contributed by atoms with E-state index in [2.05, 4.69) is 34.7 Å². The van der Waals surface area contributed by atoms with Gasteiger partial charge in [-0.1, -0.05) is 16.8 Å². The van der Waals surface area contributed by atoms with Gasteiger partial charge < -0.3 is 15.8 Å². The van der Waals surface area contributed by atoms with E-state index in [-0.39, 0.29) is 11.5 Å². The maximum atomic E-state index is 13.9. The molecule has 1 aromatic carbocycles. The Hall–Kier alpha value is -3.46. The van der Waals surface area contributed by atoms with Gasteiger partial charge in [0.15, 0.2) is 11.4 Å². The van der Waals surface area contributed by atoms with Gasteiger partial charge in [-0.25, -0.2) is 23.2 Å². The van der Waals surface area contributed by atoms with E-state index in [4.69, 9.17) is 17.3 Å². The zero-order valence-corrected chi connectivity index (χ0v) is 15.8. The molecule has 31 heavy (non-hydrogen) atoms. The highest BCUT2D eigenvalue weighted by Crippen LogP contribution is 2.37. The molecule has 0 aliphatic carbocycles. The summed E-state index contributed by atoms with van der Waals surface area (Å²) in [5.74, 6) is -6.65. The van der Waals surface area contributed by atoms with Crippen LogP contribution < -0.4 is 21.5 Å². The highest BCUT2D eigenvalue weighted by Gasteiger charge is 2.42. The van der Waals surface area contributed by atoms with Crippen LogP contribution in [0.1, 0.15) is 6.42 Å². The molecule has 16 heteroatoms. The maximum Gasteiger partial charge on any atom is 0.491 e. The predicted molar refractivity (Wildman–Crippen MR) is 94.2 cm³/mol. The summed E-state index contributed by atoms with van der Waals surface area (Å²) < 4.78 is 65.8. The zero-order valence-electron chi connectivity index (χ0n) is 15.1. The molecule has 3 aromatic rings. The van der Waals surface area contributed by atoms with Crippen molar-refractivity contribution in [3.8, 4) is 23.0 Å². The molecular formula is C15H11ClF4N6O5. The molecule has 0 fully saturated rings. The summed E-state index contributed by atoms with van der Waals surface area (Å²) in [4.78, 5) is 23.6. The Labute approximate surface area is 173 Å². The maximum absolute atomic E-state index is 13.9. The van der Waals surface area contributed by atoms with Crippen molar-refractivity contribution in [2.75, 3.05) is 18.4 Å². The van der Waals surface area contributed by atoms with Crippen molar-refractivity contribution in [3.63, 3.8) is 0 Å². The van der Waals surface area contributed by atoms with Gasteiger partial charge in [-0.2, -0.15) is 13.2 Å². The number of nitrogens with zero attached hydrogens (tertiary/aromatic N) is 4. The lowest BCUT2D eigenvalue weighted by Crippen LogP contribution is -2.29. The molecule has 0 aliphatic rings. The van der Waals surface area contributed by atoms with Crippen LogP contribution in [0.15, 0.2) is 26.1 Å². The fraction of sp³-hybridized carbons (Fsp3) is 0.267.